The molecule has 158 valence electrons. The van der Waals surface area contributed by atoms with Crippen molar-refractivity contribution >= 4 is 50.7 Å². The van der Waals surface area contributed by atoms with E-state index in [1.165, 1.54) is 29.5 Å². The third kappa shape index (κ3) is 4.17. The van der Waals surface area contributed by atoms with Crippen LogP contribution in [0.15, 0.2) is 29.4 Å². The van der Waals surface area contributed by atoms with Crippen molar-refractivity contribution < 1.29 is 14.3 Å². The van der Waals surface area contributed by atoms with Crippen LogP contribution in [-0.4, -0.2) is 49.4 Å². The van der Waals surface area contributed by atoms with E-state index in [0.717, 1.165) is 47.1 Å². The Balaban J connectivity index is 1.67. The number of carbonyl (C=O) groups excluding carboxylic acids is 1. The van der Waals surface area contributed by atoms with E-state index in [1.807, 2.05) is 12.3 Å². The maximum atomic E-state index is 13.0. The fourth-order valence-electron chi connectivity index (χ4n) is 3.52. The quantitative estimate of drug-likeness (QED) is 0.437. The summed E-state index contributed by atoms with van der Waals surface area (Å²) in [6.45, 7) is 1.97. The van der Waals surface area contributed by atoms with Gasteiger partial charge in [-0.25, -0.2) is 9.97 Å². The average Bonchev–Trinajstić information content (AvgIpc) is 3.23. The van der Waals surface area contributed by atoms with Gasteiger partial charge < -0.3 is 19.7 Å². The lowest BCUT2D eigenvalue weighted by Gasteiger charge is -2.28. The molecule has 0 radical (unpaired) electrons. The lowest BCUT2D eigenvalue weighted by Crippen LogP contribution is -2.30. The highest BCUT2D eigenvalue weighted by atomic mass is 32.2. The molecule has 2 aromatic heterocycles. The third-order valence-electron chi connectivity index (χ3n) is 5.07. The van der Waals surface area contributed by atoms with Crippen LogP contribution >= 0.6 is 23.1 Å². The van der Waals surface area contributed by atoms with Crippen LogP contribution in [0.2, 0.25) is 0 Å². The molecule has 1 aliphatic heterocycles. The highest BCUT2D eigenvalue weighted by Gasteiger charge is 2.21. The number of aromatic nitrogens is 2. The molecule has 3 aromatic rings. The number of fused-ring (bicyclic) bond motifs is 1. The maximum absolute atomic E-state index is 13.0. The summed E-state index contributed by atoms with van der Waals surface area (Å²) in [7, 11) is 3.16. The second-order valence-electron chi connectivity index (χ2n) is 6.93. The molecule has 0 atom stereocenters. The van der Waals surface area contributed by atoms with Gasteiger partial charge in [0.1, 0.15) is 22.1 Å². The number of thioether (sulfide) groups is 1. The lowest BCUT2D eigenvalue weighted by atomic mass is 10.1. The van der Waals surface area contributed by atoms with Gasteiger partial charge in [0, 0.05) is 19.2 Å². The highest BCUT2D eigenvalue weighted by molar-refractivity contribution is 7.98. The summed E-state index contributed by atoms with van der Waals surface area (Å²) in [4.78, 5) is 26.1. The van der Waals surface area contributed by atoms with E-state index in [0.29, 0.717) is 22.1 Å². The number of hydrogen-bond acceptors (Lipinski definition) is 8. The smallest absolute Gasteiger partial charge is 0.265 e. The van der Waals surface area contributed by atoms with Gasteiger partial charge in [0.25, 0.3) is 5.91 Å². The molecule has 4 rings (SSSR count). The number of ether oxygens (including phenoxy) is 2. The normalized spacial score (nSPS) is 14.0. The van der Waals surface area contributed by atoms with Gasteiger partial charge in [-0.15, -0.1) is 11.3 Å². The average molecular weight is 445 g/mol. The van der Waals surface area contributed by atoms with E-state index in [-0.39, 0.29) is 5.91 Å². The fourth-order valence-corrected chi connectivity index (χ4v) is 4.86. The van der Waals surface area contributed by atoms with Crippen molar-refractivity contribution in [3.8, 4) is 11.5 Å². The number of amides is 1. The van der Waals surface area contributed by atoms with Crippen LogP contribution in [0.25, 0.3) is 10.2 Å². The van der Waals surface area contributed by atoms with Gasteiger partial charge in [-0.05, 0) is 43.7 Å². The van der Waals surface area contributed by atoms with Crippen LogP contribution in [0.3, 0.4) is 0 Å². The molecule has 0 spiro atoms. The molecule has 0 unspecified atom stereocenters. The Labute approximate surface area is 183 Å². The summed E-state index contributed by atoms with van der Waals surface area (Å²) < 4.78 is 10.6. The Bertz CT molecular complexity index is 1060. The van der Waals surface area contributed by atoms with Crippen molar-refractivity contribution in [1.29, 1.82) is 0 Å². The number of anilines is 2. The zero-order valence-electron chi connectivity index (χ0n) is 17.2. The van der Waals surface area contributed by atoms with E-state index in [9.17, 15) is 4.79 Å². The molecule has 9 heteroatoms. The molecule has 1 saturated heterocycles. The van der Waals surface area contributed by atoms with E-state index < -0.39 is 0 Å². The number of piperidine rings is 1. The van der Waals surface area contributed by atoms with Gasteiger partial charge in [0.15, 0.2) is 5.16 Å². The number of nitrogens with zero attached hydrogens (tertiary/aromatic N) is 3. The van der Waals surface area contributed by atoms with Crippen LogP contribution in [0.4, 0.5) is 11.5 Å². The summed E-state index contributed by atoms with van der Waals surface area (Å²) in [6.07, 6.45) is 5.54. The predicted molar refractivity (Wildman–Crippen MR) is 123 cm³/mol. The van der Waals surface area contributed by atoms with Gasteiger partial charge in [-0.2, -0.15) is 0 Å². The molecule has 1 N–H and O–H groups in total. The summed E-state index contributed by atoms with van der Waals surface area (Å²) in [5, 5.41) is 4.61. The zero-order valence-corrected chi connectivity index (χ0v) is 18.9. The minimum Gasteiger partial charge on any atom is -0.497 e. The number of carbonyl (C=O) groups is 1. The first-order valence-corrected chi connectivity index (χ1v) is 11.8. The van der Waals surface area contributed by atoms with Gasteiger partial charge in [-0.1, -0.05) is 11.8 Å². The van der Waals surface area contributed by atoms with Crippen molar-refractivity contribution in [3.63, 3.8) is 0 Å². The van der Waals surface area contributed by atoms with Gasteiger partial charge in [0.2, 0.25) is 0 Å². The summed E-state index contributed by atoms with van der Waals surface area (Å²) >= 11 is 2.90. The molecule has 3 heterocycles. The van der Waals surface area contributed by atoms with E-state index >= 15 is 0 Å². The summed E-state index contributed by atoms with van der Waals surface area (Å²) in [5.74, 6) is 1.94. The SMILES string of the molecule is COc1ccc(NC(=O)c2cc3c(N4CCCCC4)nc(SC)nc3s2)c(OC)c1. The molecule has 7 nitrogen and oxygen atoms in total. The second kappa shape index (κ2) is 9.09. The maximum Gasteiger partial charge on any atom is 0.265 e. The molecule has 0 saturated carbocycles. The summed E-state index contributed by atoms with van der Waals surface area (Å²) in [5.41, 5.74) is 0.591. The third-order valence-corrected chi connectivity index (χ3v) is 6.65. The first-order chi connectivity index (χ1) is 14.6. The standard InChI is InChI=1S/C21H24N4O3S2/c1-27-13-7-8-15(16(11-13)28-2)22-19(26)17-12-14-18(25-9-5-4-6-10-25)23-21(29-3)24-20(14)30-17/h7-8,11-12H,4-6,9-10H2,1-3H3,(H,22,26). The van der Waals surface area contributed by atoms with Crippen LogP contribution in [0, 0.1) is 0 Å². The minimum atomic E-state index is -0.197. The molecule has 1 aliphatic rings. The van der Waals surface area contributed by atoms with Crippen molar-refractivity contribution in [2.45, 2.75) is 24.4 Å². The Morgan fingerprint density at radius 3 is 2.63 bits per heavy atom. The van der Waals surface area contributed by atoms with Gasteiger partial charge in [-0.3, -0.25) is 4.79 Å². The van der Waals surface area contributed by atoms with Crippen molar-refractivity contribution in [2.75, 3.05) is 43.8 Å². The Kier molecular flexibility index (Phi) is 6.29. The molecule has 1 fully saturated rings. The van der Waals surface area contributed by atoms with E-state index in [1.54, 1.807) is 32.4 Å². The van der Waals surface area contributed by atoms with Crippen LogP contribution in [0.5, 0.6) is 11.5 Å². The number of benzene rings is 1. The van der Waals surface area contributed by atoms with Crippen molar-refractivity contribution in [1.82, 2.24) is 9.97 Å². The molecule has 0 aliphatic carbocycles. The number of rotatable bonds is 6. The molecule has 1 aromatic carbocycles. The summed E-state index contributed by atoms with van der Waals surface area (Å²) in [6, 6.07) is 7.20. The number of hydrogen-bond donors (Lipinski definition) is 1. The largest absolute Gasteiger partial charge is 0.497 e. The Morgan fingerprint density at radius 2 is 1.93 bits per heavy atom. The molecule has 0 bridgehead atoms. The fraction of sp³-hybridized carbons (Fsp3) is 0.381. The monoisotopic (exact) mass is 444 g/mol. The topological polar surface area (TPSA) is 76.6 Å². The minimum absolute atomic E-state index is 0.197. The van der Waals surface area contributed by atoms with Crippen molar-refractivity contribution in [3.05, 3.63) is 29.1 Å². The Morgan fingerprint density at radius 1 is 1.13 bits per heavy atom. The predicted octanol–water partition coefficient (Wildman–Crippen LogP) is 4.67. The molecular formula is C21H24N4O3S2. The Hall–Kier alpha value is -2.52. The van der Waals surface area contributed by atoms with E-state index in [2.05, 4.69) is 15.2 Å². The number of thiophene rings is 1. The number of methoxy groups -OCH3 is 2. The van der Waals surface area contributed by atoms with E-state index in [4.69, 9.17) is 14.5 Å². The van der Waals surface area contributed by atoms with Crippen LogP contribution in [0.1, 0.15) is 28.9 Å². The molecule has 30 heavy (non-hydrogen) atoms. The highest BCUT2D eigenvalue weighted by Crippen LogP contribution is 2.35. The molecule has 1 amide bonds. The van der Waals surface area contributed by atoms with Crippen LogP contribution in [-0.2, 0) is 0 Å². The van der Waals surface area contributed by atoms with Crippen LogP contribution < -0.4 is 19.7 Å². The molecular weight excluding hydrogens is 420 g/mol. The first-order valence-electron chi connectivity index (χ1n) is 9.77. The number of nitrogens with one attached hydrogen (secondary N) is 1. The zero-order chi connectivity index (χ0) is 21.1. The second-order valence-corrected chi connectivity index (χ2v) is 8.74. The van der Waals surface area contributed by atoms with Gasteiger partial charge >= 0.3 is 0 Å². The van der Waals surface area contributed by atoms with Crippen molar-refractivity contribution in [2.24, 2.45) is 0 Å². The lowest BCUT2D eigenvalue weighted by molar-refractivity contribution is 0.103. The first kappa shape index (κ1) is 20.7. The van der Waals surface area contributed by atoms with Gasteiger partial charge in [0.05, 0.1) is 30.2 Å².